The molecule has 0 spiro atoms. The van der Waals surface area contributed by atoms with E-state index in [0.29, 0.717) is 16.7 Å². The topological polar surface area (TPSA) is 93.9 Å². The highest BCUT2D eigenvalue weighted by atomic mass is 19.4. The molecule has 160 valence electrons. The summed E-state index contributed by atoms with van der Waals surface area (Å²) in [6.07, 6.45) is -3.22. The Balaban J connectivity index is 1.57. The predicted octanol–water partition coefficient (Wildman–Crippen LogP) is 4.38. The summed E-state index contributed by atoms with van der Waals surface area (Å²) in [6, 6.07) is 16.9. The average molecular weight is 438 g/mol. The maximum absolute atomic E-state index is 12.3. The zero-order valence-corrected chi connectivity index (χ0v) is 16.2. The fraction of sp³-hybridized carbons (Fsp3) is 0.0909. The van der Waals surface area contributed by atoms with Gasteiger partial charge in [0, 0.05) is 17.8 Å². The summed E-state index contributed by atoms with van der Waals surface area (Å²) in [7, 11) is 0. The Morgan fingerprint density at radius 3 is 2.53 bits per heavy atom. The molecule has 2 heterocycles. The molecule has 0 saturated heterocycles. The van der Waals surface area contributed by atoms with E-state index in [1.165, 1.54) is 28.8 Å². The van der Waals surface area contributed by atoms with Crippen LogP contribution in [0, 0.1) is 11.3 Å². The lowest BCUT2D eigenvalue weighted by Crippen LogP contribution is -2.19. The second-order valence-corrected chi connectivity index (χ2v) is 6.69. The molecule has 0 saturated carbocycles. The Kier molecular flexibility index (Phi) is 5.47. The molecule has 0 fully saturated rings. The number of halogens is 3. The molecule has 0 aliphatic carbocycles. The molecule has 0 aliphatic heterocycles. The Labute approximate surface area is 178 Å². The van der Waals surface area contributed by atoms with E-state index >= 15 is 0 Å². The summed E-state index contributed by atoms with van der Waals surface area (Å²) in [4.78, 5) is 16.5. The number of hydrogen-bond acceptors (Lipinski definition) is 6. The van der Waals surface area contributed by atoms with Gasteiger partial charge in [-0.05, 0) is 48.0 Å². The second kappa shape index (κ2) is 8.39. The van der Waals surface area contributed by atoms with Crippen molar-refractivity contribution in [2.24, 2.45) is 0 Å². The Morgan fingerprint density at radius 2 is 1.81 bits per heavy atom. The largest absolute Gasteiger partial charge is 0.573 e. The molecule has 0 bridgehead atoms. The zero-order chi connectivity index (χ0) is 22.7. The van der Waals surface area contributed by atoms with Crippen LogP contribution >= 0.6 is 0 Å². The number of alkyl halides is 3. The number of nitrogens with zero attached hydrogens (tertiary/aromatic N) is 4. The Bertz CT molecular complexity index is 1350. The van der Waals surface area contributed by atoms with Gasteiger partial charge in [-0.25, -0.2) is 0 Å². The van der Waals surface area contributed by atoms with Gasteiger partial charge < -0.3 is 13.8 Å². The van der Waals surface area contributed by atoms with Crippen molar-refractivity contribution in [2.45, 2.75) is 12.9 Å². The fourth-order valence-corrected chi connectivity index (χ4v) is 2.98. The fourth-order valence-electron chi connectivity index (χ4n) is 2.98. The third-order valence-electron chi connectivity index (χ3n) is 4.41. The van der Waals surface area contributed by atoms with E-state index in [4.69, 9.17) is 9.78 Å². The number of ether oxygens (including phenoxy) is 1. The normalized spacial score (nSPS) is 11.2. The van der Waals surface area contributed by atoms with Gasteiger partial charge in [-0.3, -0.25) is 4.79 Å². The Morgan fingerprint density at radius 1 is 1.06 bits per heavy atom. The van der Waals surface area contributed by atoms with E-state index < -0.39 is 6.36 Å². The number of nitriles is 1. The average Bonchev–Trinajstić information content (AvgIpc) is 3.25. The molecular weight excluding hydrogens is 425 g/mol. The van der Waals surface area contributed by atoms with E-state index in [0.717, 1.165) is 17.7 Å². The van der Waals surface area contributed by atoms with Crippen LogP contribution in [0.15, 0.2) is 76.2 Å². The van der Waals surface area contributed by atoms with Gasteiger partial charge in [0.1, 0.15) is 5.75 Å². The lowest BCUT2D eigenvalue weighted by Gasteiger charge is -2.08. The smallest absolute Gasteiger partial charge is 0.406 e. The van der Waals surface area contributed by atoms with Crippen LogP contribution in [0.1, 0.15) is 11.1 Å². The van der Waals surface area contributed by atoms with E-state index in [1.54, 1.807) is 30.5 Å². The first kappa shape index (κ1) is 20.9. The number of aromatic nitrogens is 3. The molecule has 2 aromatic heterocycles. The number of pyridine rings is 1. The number of benzene rings is 2. The molecule has 0 amide bonds. The lowest BCUT2D eigenvalue weighted by atomic mass is 10.1. The summed E-state index contributed by atoms with van der Waals surface area (Å²) < 4.78 is 47.4. The van der Waals surface area contributed by atoms with Crippen molar-refractivity contribution in [3.8, 4) is 34.7 Å². The predicted molar refractivity (Wildman–Crippen MR) is 106 cm³/mol. The van der Waals surface area contributed by atoms with Crippen LogP contribution in [0.5, 0.6) is 5.75 Å². The minimum Gasteiger partial charge on any atom is -0.406 e. The summed E-state index contributed by atoms with van der Waals surface area (Å²) >= 11 is 0. The zero-order valence-electron chi connectivity index (χ0n) is 16.2. The lowest BCUT2D eigenvalue weighted by molar-refractivity contribution is -0.274. The van der Waals surface area contributed by atoms with Gasteiger partial charge in [-0.2, -0.15) is 10.2 Å². The highest BCUT2D eigenvalue weighted by Crippen LogP contribution is 2.26. The monoisotopic (exact) mass is 438 g/mol. The van der Waals surface area contributed by atoms with E-state index in [-0.39, 0.29) is 29.6 Å². The van der Waals surface area contributed by atoms with Gasteiger partial charge in [0.05, 0.1) is 23.7 Å². The first-order chi connectivity index (χ1) is 15.3. The van der Waals surface area contributed by atoms with Gasteiger partial charge >= 0.3 is 6.36 Å². The van der Waals surface area contributed by atoms with Crippen molar-refractivity contribution in [3.05, 3.63) is 88.3 Å². The van der Waals surface area contributed by atoms with E-state index in [2.05, 4.69) is 20.9 Å². The Hall–Kier alpha value is -4.39. The van der Waals surface area contributed by atoms with Crippen molar-refractivity contribution >= 4 is 0 Å². The molecule has 7 nitrogen and oxygen atoms in total. The van der Waals surface area contributed by atoms with Crippen LogP contribution in [0.25, 0.3) is 22.8 Å². The van der Waals surface area contributed by atoms with Crippen molar-refractivity contribution in [2.75, 3.05) is 0 Å². The van der Waals surface area contributed by atoms with Crippen molar-refractivity contribution in [1.29, 1.82) is 5.26 Å². The third-order valence-corrected chi connectivity index (χ3v) is 4.41. The standard InChI is InChI=1S/C22H13F3N4O3/c23-22(24,25)31-18-7-4-16(5-8-18)20-27-21(32-28-20)17-6-9-19(30)29(13-17)12-15-3-1-2-14(10-15)11-26/h1-10,13H,12H2. The SMILES string of the molecule is N#Cc1cccc(Cn2cc(-c3nc(-c4ccc(OC(F)(F)F)cc4)no3)ccc2=O)c1. The number of hydrogen-bond donors (Lipinski definition) is 0. The summed E-state index contributed by atoms with van der Waals surface area (Å²) in [5.41, 5.74) is 1.92. The van der Waals surface area contributed by atoms with Crippen LogP contribution in [-0.2, 0) is 6.54 Å². The van der Waals surface area contributed by atoms with E-state index in [9.17, 15) is 18.0 Å². The quantitative estimate of drug-likeness (QED) is 0.459. The molecule has 4 rings (SSSR count). The maximum Gasteiger partial charge on any atom is 0.573 e. The van der Waals surface area contributed by atoms with Crippen molar-refractivity contribution in [3.63, 3.8) is 0 Å². The van der Waals surface area contributed by atoms with Crippen molar-refractivity contribution in [1.82, 2.24) is 14.7 Å². The minimum atomic E-state index is -4.78. The minimum absolute atomic E-state index is 0.134. The maximum atomic E-state index is 12.3. The molecule has 0 aliphatic rings. The van der Waals surface area contributed by atoms with Gasteiger partial charge in [0.2, 0.25) is 5.82 Å². The summed E-state index contributed by atoms with van der Waals surface area (Å²) in [5, 5.41) is 12.9. The summed E-state index contributed by atoms with van der Waals surface area (Å²) in [6.45, 7) is 0.240. The molecule has 0 unspecified atom stereocenters. The molecule has 0 atom stereocenters. The highest BCUT2D eigenvalue weighted by Gasteiger charge is 2.31. The first-order valence-electron chi connectivity index (χ1n) is 9.20. The van der Waals surface area contributed by atoms with Crippen LogP contribution in [-0.4, -0.2) is 21.1 Å². The molecule has 32 heavy (non-hydrogen) atoms. The third kappa shape index (κ3) is 4.84. The molecule has 10 heteroatoms. The van der Waals surface area contributed by atoms with Crippen LogP contribution in [0.3, 0.4) is 0 Å². The van der Waals surface area contributed by atoms with E-state index in [1.807, 2.05) is 0 Å². The second-order valence-electron chi connectivity index (χ2n) is 6.69. The molecule has 0 N–H and O–H groups in total. The van der Waals surface area contributed by atoms with Gasteiger partial charge in [0.15, 0.2) is 0 Å². The van der Waals surface area contributed by atoms with Gasteiger partial charge in [-0.15, -0.1) is 13.2 Å². The van der Waals surface area contributed by atoms with Crippen LogP contribution < -0.4 is 10.3 Å². The molecule has 0 radical (unpaired) electrons. The number of rotatable bonds is 5. The van der Waals surface area contributed by atoms with Crippen molar-refractivity contribution < 1.29 is 22.4 Å². The van der Waals surface area contributed by atoms with Crippen LogP contribution in [0.4, 0.5) is 13.2 Å². The first-order valence-corrected chi connectivity index (χ1v) is 9.20. The van der Waals surface area contributed by atoms with Crippen LogP contribution in [0.2, 0.25) is 0 Å². The molecule has 2 aromatic carbocycles. The summed E-state index contributed by atoms with van der Waals surface area (Å²) in [5.74, 6) is -0.0642. The highest BCUT2D eigenvalue weighted by molar-refractivity contribution is 5.60. The van der Waals surface area contributed by atoms with Gasteiger partial charge in [-0.1, -0.05) is 17.3 Å². The molecule has 4 aromatic rings. The van der Waals surface area contributed by atoms with Gasteiger partial charge in [0.25, 0.3) is 11.4 Å². The molecular formula is C22H13F3N4O3.